The lowest BCUT2D eigenvalue weighted by molar-refractivity contribution is 0.0914. The van der Waals surface area contributed by atoms with Crippen molar-refractivity contribution in [1.29, 1.82) is 0 Å². The molecule has 1 fully saturated rings. The normalized spacial score (nSPS) is 23.5. The van der Waals surface area contributed by atoms with E-state index in [0.29, 0.717) is 11.6 Å². The van der Waals surface area contributed by atoms with Crippen molar-refractivity contribution in [3.05, 3.63) is 30.1 Å². The quantitative estimate of drug-likeness (QED) is 0.879. The maximum Gasteiger partial charge on any atom is 0.270 e. The number of aromatic nitrogens is 2. The van der Waals surface area contributed by atoms with Crippen molar-refractivity contribution in [2.24, 2.45) is 5.92 Å². The van der Waals surface area contributed by atoms with E-state index in [9.17, 15) is 4.79 Å². The van der Waals surface area contributed by atoms with E-state index in [-0.39, 0.29) is 11.9 Å². The van der Waals surface area contributed by atoms with Gasteiger partial charge >= 0.3 is 0 Å². The molecule has 2 atom stereocenters. The zero-order valence-corrected chi connectivity index (χ0v) is 13.3. The third-order valence-corrected chi connectivity index (χ3v) is 4.82. The maximum atomic E-state index is 12.5. The molecule has 2 aromatic rings. The molecule has 2 unspecified atom stereocenters. The van der Waals surface area contributed by atoms with Crippen molar-refractivity contribution in [3.8, 4) is 0 Å². The molecule has 0 spiro atoms. The summed E-state index contributed by atoms with van der Waals surface area (Å²) in [4.78, 5) is 20.0. The largest absolute Gasteiger partial charge is 0.348 e. The first-order valence-corrected chi connectivity index (χ1v) is 8.49. The average molecular weight is 299 g/mol. The van der Waals surface area contributed by atoms with Crippen LogP contribution in [0.25, 0.3) is 11.0 Å². The number of amides is 1. The van der Waals surface area contributed by atoms with E-state index in [1.807, 2.05) is 24.4 Å². The summed E-state index contributed by atoms with van der Waals surface area (Å²) in [6.07, 6.45) is 10.6. The Labute approximate surface area is 131 Å². The highest BCUT2D eigenvalue weighted by Crippen LogP contribution is 2.22. The molecule has 0 radical (unpaired) electrons. The van der Waals surface area contributed by atoms with Crippen molar-refractivity contribution in [2.75, 3.05) is 0 Å². The Morgan fingerprint density at radius 3 is 2.77 bits per heavy atom. The van der Waals surface area contributed by atoms with Crippen LogP contribution in [-0.4, -0.2) is 21.9 Å². The zero-order valence-electron chi connectivity index (χ0n) is 13.3. The highest BCUT2D eigenvalue weighted by atomic mass is 16.1. The molecule has 2 aromatic heterocycles. The minimum atomic E-state index is -0.0485. The van der Waals surface area contributed by atoms with Gasteiger partial charge in [-0.3, -0.25) is 4.79 Å². The first kappa shape index (κ1) is 15.1. The van der Waals surface area contributed by atoms with Crippen LogP contribution in [-0.2, 0) is 0 Å². The molecular weight excluding hydrogens is 274 g/mol. The predicted molar refractivity (Wildman–Crippen MR) is 88.8 cm³/mol. The Balaban J connectivity index is 1.70. The summed E-state index contributed by atoms with van der Waals surface area (Å²) >= 11 is 0. The third-order valence-electron chi connectivity index (χ3n) is 4.82. The number of rotatable bonds is 2. The SMILES string of the molecule is CC1CCCCCCCC1NC(=O)c1ccc2cc[nH]c2n1. The van der Waals surface area contributed by atoms with Gasteiger partial charge in [0.2, 0.25) is 0 Å². The summed E-state index contributed by atoms with van der Waals surface area (Å²) in [5.74, 6) is 0.490. The number of carbonyl (C=O) groups excluding carboxylic acids is 1. The molecule has 4 nitrogen and oxygen atoms in total. The highest BCUT2D eigenvalue weighted by Gasteiger charge is 2.21. The van der Waals surface area contributed by atoms with Crippen molar-refractivity contribution in [1.82, 2.24) is 15.3 Å². The van der Waals surface area contributed by atoms with Crippen molar-refractivity contribution >= 4 is 16.9 Å². The zero-order chi connectivity index (χ0) is 15.4. The summed E-state index contributed by atoms with van der Waals surface area (Å²) in [5, 5.41) is 4.26. The Kier molecular flexibility index (Phi) is 4.76. The average Bonchev–Trinajstić information content (AvgIpc) is 3.01. The second kappa shape index (κ2) is 6.95. The number of hydrogen-bond donors (Lipinski definition) is 2. The van der Waals surface area contributed by atoms with Gasteiger partial charge in [0.05, 0.1) is 0 Å². The van der Waals surface area contributed by atoms with Crippen LogP contribution >= 0.6 is 0 Å². The van der Waals surface area contributed by atoms with E-state index in [1.165, 1.54) is 38.5 Å². The molecule has 1 amide bonds. The summed E-state index contributed by atoms with van der Waals surface area (Å²) < 4.78 is 0. The molecule has 2 N–H and O–H groups in total. The molecule has 0 saturated heterocycles. The summed E-state index contributed by atoms with van der Waals surface area (Å²) in [7, 11) is 0. The fraction of sp³-hybridized carbons (Fsp3) is 0.556. The molecule has 4 heteroatoms. The standard InChI is InChI=1S/C18H25N3O/c1-13-7-5-3-2-4-6-8-15(13)21-18(22)16-10-9-14-11-12-19-17(14)20-16/h9-13,15H,2-8H2,1H3,(H,19,20)(H,21,22). The molecular formula is C18H25N3O. The van der Waals surface area contributed by atoms with Crippen LogP contribution < -0.4 is 5.32 Å². The van der Waals surface area contributed by atoms with Crippen LogP contribution in [0, 0.1) is 5.92 Å². The van der Waals surface area contributed by atoms with Crippen LogP contribution in [0.15, 0.2) is 24.4 Å². The number of carbonyl (C=O) groups is 1. The lowest BCUT2D eigenvalue weighted by Gasteiger charge is -2.24. The van der Waals surface area contributed by atoms with E-state index in [2.05, 4.69) is 22.2 Å². The van der Waals surface area contributed by atoms with Gasteiger partial charge in [-0.2, -0.15) is 0 Å². The first-order valence-electron chi connectivity index (χ1n) is 8.49. The van der Waals surface area contributed by atoms with E-state index >= 15 is 0 Å². The van der Waals surface area contributed by atoms with E-state index in [1.54, 1.807) is 0 Å². The summed E-state index contributed by atoms with van der Waals surface area (Å²) in [5.41, 5.74) is 1.28. The number of pyridine rings is 1. The maximum absolute atomic E-state index is 12.5. The number of hydrogen-bond acceptors (Lipinski definition) is 2. The van der Waals surface area contributed by atoms with Crippen molar-refractivity contribution in [2.45, 2.75) is 57.9 Å². The van der Waals surface area contributed by atoms with Gasteiger partial charge in [-0.25, -0.2) is 4.98 Å². The Bertz CT molecular complexity index is 634. The first-order chi connectivity index (χ1) is 10.7. The minimum Gasteiger partial charge on any atom is -0.348 e. The third kappa shape index (κ3) is 3.49. The van der Waals surface area contributed by atoms with E-state index in [0.717, 1.165) is 17.5 Å². The number of H-pyrrole nitrogens is 1. The molecule has 1 saturated carbocycles. The van der Waals surface area contributed by atoms with Crippen LogP contribution in [0.5, 0.6) is 0 Å². The minimum absolute atomic E-state index is 0.0485. The second-order valence-corrected chi connectivity index (χ2v) is 6.51. The van der Waals surface area contributed by atoms with Gasteiger partial charge in [-0.15, -0.1) is 0 Å². The molecule has 1 aliphatic rings. The Hall–Kier alpha value is -1.84. The van der Waals surface area contributed by atoms with Crippen molar-refractivity contribution in [3.63, 3.8) is 0 Å². The molecule has 0 aromatic carbocycles. The van der Waals surface area contributed by atoms with Gasteiger partial charge in [0.1, 0.15) is 11.3 Å². The van der Waals surface area contributed by atoms with Gasteiger partial charge in [0.15, 0.2) is 0 Å². The molecule has 0 aliphatic heterocycles. The lowest BCUT2D eigenvalue weighted by Crippen LogP contribution is -2.39. The molecule has 2 heterocycles. The molecule has 0 bridgehead atoms. The number of nitrogens with zero attached hydrogens (tertiary/aromatic N) is 1. The van der Waals surface area contributed by atoms with Crippen molar-refractivity contribution < 1.29 is 4.79 Å². The van der Waals surface area contributed by atoms with Crippen LogP contribution in [0.4, 0.5) is 0 Å². The van der Waals surface area contributed by atoms with Gasteiger partial charge in [-0.05, 0) is 37.0 Å². The molecule has 1 aliphatic carbocycles. The van der Waals surface area contributed by atoms with Crippen LogP contribution in [0.1, 0.15) is 62.4 Å². The second-order valence-electron chi connectivity index (χ2n) is 6.51. The lowest BCUT2D eigenvalue weighted by atomic mass is 9.93. The molecule has 118 valence electrons. The van der Waals surface area contributed by atoms with Crippen LogP contribution in [0.2, 0.25) is 0 Å². The fourth-order valence-electron chi connectivity index (χ4n) is 3.36. The smallest absolute Gasteiger partial charge is 0.270 e. The van der Waals surface area contributed by atoms with Gasteiger partial charge < -0.3 is 10.3 Å². The van der Waals surface area contributed by atoms with E-state index in [4.69, 9.17) is 0 Å². The number of aromatic amines is 1. The molecule has 22 heavy (non-hydrogen) atoms. The van der Waals surface area contributed by atoms with Gasteiger partial charge in [0, 0.05) is 17.6 Å². The number of fused-ring (bicyclic) bond motifs is 1. The number of nitrogens with one attached hydrogen (secondary N) is 2. The Morgan fingerprint density at radius 2 is 1.91 bits per heavy atom. The fourth-order valence-corrected chi connectivity index (χ4v) is 3.36. The predicted octanol–water partition coefficient (Wildman–Crippen LogP) is 4.04. The molecule has 3 rings (SSSR count). The van der Waals surface area contributed by atoms with E-state index < -0.39 is 0 Å². The van der Waals surface area contributed by atoms with Crippen LogP contribution in [0.3, 0.4) is 0 Å². The summed E-state index contributed by atoms with van der Waals surface area (Å²) in [6, 6.07) is 5.99. The van der Waals surface area contributed by atoms with Gasteiger partial charge in [-0.1, -0.05) is 39.0 Å². The van der Waals surface area contributed by atoms with Gasteiger partial charge in [0.25, 0.3) is 5.91 Å². The monoisotopic (exact) mass is 299 g/mol. The summed E-state index contributed by atoms with van der Waals surface area (Å²) in [6.45, 7) is 2.26. The topological polar surface area (TPSA) is 57.8 Å². The Morgan fingerprint density at radius 1 is 1.14 bits per heavy atom. The highest BCUT2D eigenvalue weighted by molar-refractivity contribution is 5.94.